The molecule has 3 aliphatic rings. The number of alkyl halides is 2. The lowest BCUT2D eigenvalue weighted by atomic mass is 9.91. The lowest BCUT2D eigenvalue weighted by Crippen LogP contribution is -2.41. The first-order valence-electron chi connectivity index (χ1n) is 12.0. The zero-order valence-electron chi connectivity index (χ0n) is 19.1. The molecule has 0 atom stereocenters. The van der Waals surface area contributed by atoms with Crippen LogP contribution in [0.3, 0.4) is 0 Å². The predicted molar refractivity (Wildman–Crippen MR) is 123 cm³/mol. The maximum Gasteiger partial charge on any atom is 0.271 e. The largest absolute Gasteiger partial charge is 0.349 e. The quantitative estimate of drug-likeness (QED) is 0.748. The van der Waals surface area contributed by atoms with Gasteiger partial charge in [-0.05, 0) is 54.9 Å². The van der Waals surface area contributed by atoms with E-state index in [0.29, 0.717) is 12.4 Å². The third-order valence-electron chi connectivity index (χ3n) is 7.35. The molecule has 1 aliphatic carbocycles. The first kappa shape index (κ1) is 22.2. The molecule has 2 aliphatic heterocycles. The molecular weight excluding hydrogens is 424 g/mol. The number of halogens is 2. The van der Waals surface area contributed by atoms with Crippen LogP contribution in [-0.4, -0.2) is 58.9 Å². The van der Waals surface area contributed by atoms with E-state index in [9.17, 15) is 13.6 Å². The minimum atomic E-state index is -2.70. The lowest BCUT2D eigenvalue weighted by molar-refractivity contribution is 0.0256. The van der Waals surface area contributed by atoms with Crippen molar-refractivity contribution in [2.24, 2.45) is 0 Å². The van der Waals surface area contributed by atoms with E-state index in [-0.39, 0.29) is 31.1 Å². The molecule has 176 valence electrons. The second kappa shape index (κ2) is 8.97. The highest BCUT2D eigenvalue weighted by Crippen LogP contribution is 2.30. The first-order valence-corrected chi connectivity index (χ1v) is 12.0. The fourth-order valence-electron chi connectivity index (χ4n) is 5.21. The van der Waals surface area contributed by atoms with E-state index in [1.165, 1.54) is 53.2 Å². The number of benzene rings is 1. The third kappa shape index (κ3) is 4.86. The number of amides is 1. The molecule has 1 saturated carbocycles. The minimum absolute atomic E-state index is 0.185. The van der Waals surface area contributed by atoms with Gasteiger partial charge in [-0.25, -0.2) is 18.7 Å². The monoisotopic (exact) mass is 455 g/mol. The molecule has 1 N–H and O–H groups in total. The van der Waals surface area contributed by atoms with E-state index >= 15 is 0 Å². The Morgan fingerprint density at radius 3 is 2.64 bits per heavy atom. The van der Waals surface area contributed by atoms with Crippen LogP contribution in [0.5, 0.6) is 0 Å². The summed E-state index contributed by atoms with van der Waals surface area (Å²) in [5.41, 5.74) is 5.42. The molecule has 0 unspecified atom stereocenters. The van der Waals surface area contributed by atoms with Crippen molar-refractivity contribution in [2.45, 2.75) is 64.0 Å². The second-order valence-corrected chi connectivity index (χ2v) is 9.64. The van der Waals surface area contributed by atoms with Gasteiger partial charge in [-0.1, -0.05) is 18.6 Å². The number of hydrogen-bond donors (Lipinski definition) is 1. The molecule has 2 aromatic rings. The molecule has 1 saturated heterocycles. The number of fused-ring (bicyclic) bond motifs is 1. The highest BCUT2D eigenvalue weighted by atomic mass is 19.3. The third-order valence-corrected chi connectivity index (χ3v) is 7.35. The predicted octanol–water partition coefficient (Wildman–Crippen LogP) is 3.51. The highest BCUT2D eigenvalue weighted by Gasteiger charge is 2.38. The van der Waals surface area contributed by atoms with Crippen molar-refractivity contribution in [3.8, 4) is 0 Å². The summed E-state index contributed by atoms with van der Waals surface area (Å²) in [7, 11) is 0. The number of nitrogens with zero attached hydrogens (tertiary/aromatic N) is 4. The van der Waals surface area contributed by atoms with Gasteiger partial charge in [0.25, 0.3) is 11.8 Å². The maximum absolute atomic E-state index is 13.4. The van der Waals surface area contributed by atoms with Crippen molar-refractivity contribution < 1.29 is 13.6 Å². The number of nitrogens with one attached hydrogen (secondary N) is 1. The fourth-order valence-corrected chi connectivity index (χ4v) is 5.21. The number of anilines is 1. The summed E-state index contributed by atoms with van der Waals surface area (Å²) in [6.07, 6.45) is 8.75. The number of carbonyl (C=O) groups excluding carboxylic acids is 1. The van der Waals surface area contributed by atoms with Crippen LogP contribution in [-0.2, 0) is 19.4 Å². The average Bonchev–Trinajstić information content (AvgIpc) is 2.99. The Morgan fingerprint density at radius 2 is 1.97 bits per heavy atom. The molecule has 3 heterocycles. The molecule has 33 heavy (non-hydrogen) atoms. The topological polar surface area (TPSA) is 61.4 Å². The molecule has 0 spiro atoms. The Balaban J connectivity index is 1.20. The molecular formula is C25H31F2N5O. The molecule has 1 aromatic heterocycles. The van der Waals surface area contributed by atoms with Crippen LogP contribution >= 0.6 is 0 Å². The molecule has 6 nitrogen and oxygen atoms in total. The van der Waals surface area contributed by atoms with E-state index in [4.69, 9.17) is 0 Å². The van der Waals surface area contributed by atoms with Crippen LogP contribution in [0.25, 0.3) is 0 Å². The van der Waals surface area contributed by atoms with Gasteiger partial charge in [-0.15, -0.1) is 0 Å². The molecule has 1 aromatic carbocycles. The van der Waals surface area contributed by atoms with Crippen molar-refractivity contribution in [3.63, 3.8) is 0 Å². The summed E-state index contributed by atoms with van der Waals surface area (Å²) in [6, 6.07) is 5.17. The second-order valence-electron chi connectivity index (χ2n) is 9.64. The van der Waals surface area contributed by atoms with Crippen molar-refractivity contribution in [1.82, 2.24) is 20.2 Å². The number of aryl methyl sites for hydroxylation is 1. The van der Waals surface area contributed by atoms with Gasteiger partial charge >= 0.3 is 0 Å². The first-order chi connectivity index (χ1) is 15.9. The van der Waals surface area contributed by atoms with E-state index in [1.807, 2.05) is 0 Å². The number of hydrogen-bond acceptors (Lipinski definition) is 5. The van der Waals surface area contributed by atoms with Crippen LogP contribution in [0.15, 0.2) is 24.5 Å². The Morgan fingerprint density at radius 1 is 1.15 bits per heavy atom. The van der Waals surface area contributed by atoms with Crippen LogP contribution in [0.1, 0.15) is 58.4 Å². The summed E-state index contributed by atoms with van der Waals surface area (Å²) >= 11 is 0. The normalized spacial score (nSPS) is 20.8. The van der Waals surface area contributed by atoms with E-state index in [0.717, 1.165) is 37.5 Å². The Labute approximate surface area is 193 Å². The highest BCUT2D eigenvalue weighted by molar-refractivity contribution is 5.92. The summed E-state index contributed by atoms with van der Waals surface area (Å²) < 4.78 is 26.8. The van der Waals surface area contributed by atoms with Crippen molar-refractivity contribution in [3.05, 3.63) is 52.5 Å². The van der Waals surface area contributed by atoms with Crippen LogP contribution in [0.4, 0.5) is 14.6 Å². The van der Waals surface area contributed by atoms with Gasteiger partial charge in [0.05, 0.1) is 18.9 Å². The van der Waals surface area contributed by atoms with Crippen LogP contribution < -0.4 is 10.2 Å². The molecule has 2 fully saturated rings. The van der Waals surface area contributed by atoms with Gasteiger partial charge in [-0.3, -0.25) is 9.69 Å². The van der Waals surface area contributed by atoms with E-state index in [1.54, 1.807) is 0 Å². The van der Waals surface area contributed by atoms with E-state index in [2.05, 4.69) is 39.2 Å². The Kier molecular flexibility index (Phi) is 6.03. The van der Waals surface area contributed by atoms with Crippen molar-refractivity contribution >= 4 is 11.7 Å². The van der Waals surface area contributed by atoms with Gasteiger partial charge in [0, 0.05) is 38.6 Å². The van der Waals surface area contributed by atoms with Crippen LogP contribution in [0, 0.1) is 6.92 Å². The van der Waals surface area contributed by atoms with E-state index < -0.39 is 5.92 Å². The fraction of sp³-hybridized carbons (Fsp3) is 0.560. The molecule has 5 rings (SSSR count). The van der Waals surface area contributed by atoms with Gasteiger partial charge in [0.2, 0.25) is 0 Å². The zero-order valence-corrected chi connectivity index (χ0v) is 19.1. The number of carbonyl (C=O) groups is 1. The van der Waals surface area contributed by atoms with Gasteiger partial charge in [-0.2, -0.15) is 0 Å². The maximum atomic E-state index is 13.4. The van der Waals surface area contributed by atoms with Crippen molar-refractivity contribution in [1.29, 1.82) is 0 Å². The smallest absolute Gasteiger partial charge is 0.271 e. The zero-order chi connectivity index (χ0) is 23.0. The van der Waals surface area contributed by atoms with Gasteiger partial charge < -0.3 is 10.2 Å². The summed E-state index contributed by atoms with van der Waals surface area (Å²) in [5, 5.41) is 2.93. The Bertz CT molecular complexity index is 1020. The minimum Gasteiger partial charge on any atom is -0.349 e. The standard InChI is InChI=1S/C25H31F2N5O/c1-17-11-18(12-19-5-8-31(9-6-21(17)19)20-3-2-4-20)13-30-24(33)22-14-29-23(15-28-22)32-10-7-25(26,27)16-32/h11-12,14-15,20H,2-10,13,16H2,1H3,(H,30,33). The summed E-state index contributed by atoms with van der Waals surface area (Å²) in [5.74, 6) is -2.63. The number of aromatic nitrogens is 2. The molecule has 0 bridgehead atoms. The molecule has 1 amide bonds. The van der Waals surface area contributed by atoms with Gasteiger partial charge in [0.1, 0.15) is 11.5 Å². The molecule has 0 radical (unpaired) electrons. The average molecular weight is 456 g/mol. The molecule has 8 heteroatoms. The van der Waals surface area contributed by atoms with Gasteiger partial charge in [0.15, 0.2) is 0 Å². The Hall–Kier alpha value is -2.61. The van der Waals surface area contributed by atoms with Crippen molar-refractivity contribution in [2.75, 3.05) is 31.1 Å². The summed E-state index contributed by atoms with van der Waals surface area (Å²) in [6.45, 7) is 4.71. The summed E-state index contributed by atoms with van der Waals surface area (Å²) in [4.78, 5) is 25.1. The SMILES string of the molecule is Cc1cc(CNC(=O)c2cnc(N3CCC(F)(F)C3)cn2)cc2c1CCN(C1CCC1)CC2. The van der Waals surface area contributed by atoms with Crippen LogP contribution in [0.2, 0.25) is 0 Å². The number of rotatable bonds is 5. The lowest BCUT2D eigenvalue weighted by Gasteiger charge is -2.36.